The minimum Gasteiger partial charge on any atom is -0.472 e. The predicted molar refractivity (Wildman–Crippen MR) is 114 cm³/mol. The smallest absolute Gasteiger partial charge is 0.253 e. The van der Waals surface area contributed by atoms with Crippen molar-refractivity contribution in [3.63, 3.8) is 0 Å². The lowest BCUT2D eigenvalue weighted by Crippen LogP contribution is -2.31. The van der Waals surface area contributed by atoms with Gasteiger partial charge in [0.1, 0.15) is 6.10 Å². The van der Waals surface area contributed by atoms with Crippen LogP contribution in [0.2, 0.25) is 0 Å². The summed E-state index contributed by atoms with van der Waals surface area (Å²) in [4.78, 5) is 19.2. The molecule has 4 rings (SSSR count). The molecule has 1 amide bonds. The molecule has 1 fully saturated rings. The predicted octanol–water partition coefficient (Wildman–Crippen LogP) is 2.78. The van der Waals surface area contributed by atoms with Crippen LogP contribution in [0.5, 0.6) is 5.88 Å². The number of carbonyl (C=O) groups is 1. The Kier molecular flexibility index (Phi) is 5.44. The zero-order valence-corrected chi connectivity index (χ0v) is 17.7. The van der Waals surface area contributed by atoms with Crippen LogP contribution in [0.4, 0.5) is 0 Å². The van der Waals surface area contributed by atoms with Gasteiger partial charge in [-0.15, -0.1) is 0 Å². The van der Waals surface area contributed by atoms with Gasteiger partial charge in [-0.25, -0.2) is 17.7 Å². The number of pyridine rings is 1. The summed E-state index contributed by atoms with van der Waals surface area (Å²) in [5, 5.41) is 1.05. The van der Waals surface area contributed by atoms with Crippen molar-refractivity contribution in [1.82, 2.24) is 14.2 Å². The largest absolute Gasteiger partial charge is 0.472 e. The summed E-state index contributed by atoms with van der Waals surface area (Å²) >= 11 is 0. The molecule has 1 aliphatic heterocycles. The maximum atomic E-state index is 12.8. The van der Waals surface area contributed by atoms with Gasteiger partial charge in [0, 0.05) is 44.1 Å². The maximum absolute atomic E-state index is 12.8. The Labute approximate surface area is 175 Å². The molecule has 3 aromatic rings. The third-order valence-corrected chi connectivity index (χ3v) is 7.00. The second-order valence-corrected chi connectivity index (χ2v) is 9.59. The van der Waals surface area contributed by atoms with E-state index in [1.807, 2.05) is 36.4 Å². The molecule has 1 saturated heterocycles. The van der Waals surface area contributed by atoms with Crippen LogP contribution in [0.15, 0.2) is 65.6 Å². The standard InChI is InChI=1S/C22H23N3O4S/c1-24(2)30(27,28)19-10-7-17(8-11-19)22(26)25-14-13-18(15-25)29-21-12-9-16-5-3-4-6-20(16)23-21/h3-12,18H,13-15H2,1-2H3. The Morgan fingerprint density at radius 2 is 1.80 bits per heavy atom. The molecule has 0 radical (unpaired) electrons. The highest BCUT2D eigenvalue weighted by atomic mass is 32.2. The number of benzene rings is 2. The van der Waals surface area contributed by atoms with Gasteiger partial charge in [0.05, 0.1) is 17.0 Å². The number of amides is 1. The number of hydrogen-bond acceptors (Lipinski definition) is 5. The highest BCUT2D eigenvalue weighted by molar-refractivity contribution is 7.89. The molecule has 8 heteroatoms. The molecule has 2 aromatic carbocycles. The normalized spacial score (nSPS) is 16.9. The number of para-hydroxylation sites is 1. The molecule has 0 saturated carbocycles. The van der Waals surface area contributed by atoms with E-state index in [1.54, 1.807) is 17.0 Å². The molecule has 0 bridgehead atoms. The van der Waals surface area contributed by atoms with Gasteiger partial charge in [0.15, 0.2) is 0 Å². The Hall–Kier alpha value is -2.97. The SMILES string of the molecule is CN(C)S(=O)(=O)c1ccc(C(=O)N2CCC(Oc3ccc4ccccc4n3)C2)cc1. The minimum absolute atomic E-state index is 0.129. The zero-order chi connectivity index (χ0) is 21.3. The Bertz CT molecular complexity index is 1180. The molecule has 1 aliphatic rings. The topological polar surface area (TPSA) is 79.8 Å². The van der Waals surface area contributed by atoms with Gasteiger partial charge in [0.2, 0.25) is 15.9 Å². The van der Waals surface area contributed by atoms with Gasteiger partial charge in [-0.3, -0.25) is 4.79 Å². The molecule has 7 nitrogen and oxygen atoms in total. The molecule has 1 aromatic heterocycles. The van der Waals surface area contributed by atoms with E-state index in [0.29, 0.717) is 31.0 Å². The van der Waals surface area contributed by atoms with Crippen molar-refractivity contribution in [1.29, 1.82) is 0 Å². The Morgan fingerprint density at radius 3 is 2.53 bits per heavy atom. The van der Waals surface area contributed by atoms with Gasteiger partial charge in [0.25, 0.3) is 5.91 Å². The number of rotatable bonds is 5. The average Bonchev–Trinajstić information content (AvgIpc) is 3.21. The van der Waals surface area contributed by atoms with Gasteiger partial charge in [-0.05, 0) is 36.4 Å². The van der Waals surface area contributed by atoms with E-state index in [1.165, 1.54) is 26.2 Å². The monoisotopic (exact) mass is 425 g/mol. The summed E-state index contributed by atoms with van der Waals surface area (Å²) in [6, 6.07) is 17.7. The lowest BCUT2D eigenvalue weighted by Gasteiger charge is -2.17. The van der Waals surface area contributed by atoms with Crippen molar-refractivity contribution >= 4 is 26.8 Å². The van der Waals surface area contributed by atoms with Crippen LogP contribution in [-0.4, -0.2) is 61.8 Å². The molecule has 1 atom stereocenters. The van der Waals surface area contributed by atoms with Crippen LogP contribution < -0.4 is 4.74 Å². The highest BCUT2D eigenvalue weighted by Crippen LogP contribution is 2.22. The lowest BCUT2D eigenvalue weighted by molar-refractivity contribution is 0.0771. The number of sulfonamides is 1. The number of likely N-dealkylation sites (tertiary alicyclic amines) is 1. The van der Waals surface area contributed by atoms with Crippen molar-refractivity contribution in [2.45, 2.75) is 17.4 Å². The van der Waals surface area contributed by atoms with Gasteiger partial charge in [-0.2, -0.15) is 0 Å². The second-order valence-electron chi connectivity index (χ2n) is 7.43. The van der Waals surface area contributed by atoms with E-state index >= 15 is 0 Å². The molecular formula is C22H23N3O4S. The van der Waals surface area contributed by atoms with Crippen molar-refractivity contribution < 1.29 is 17.9 Å². The minimum atomic E-state index is -3.52. The molecule has 1 unspecified atom stereocenters. The fourth-order valence-corrected chi connectivity index (χ4v) is 4.36. The lowest BCUT2D eigenvalue weighted by atomic mass is 10.2. The quantitative estimate of drug-likeness (QED) is 0.628. The van der Waals surface area contributed by atoms with Crippen molar-refractivity contribution in [3.05, 3.63) is 66.2 Å². The number of hydrogen-bond donors (Lipinski definition) is 0. The maximum Gasteiger partial charge on any atom is 0.253 e. The number of fused-ring (bicyclic) bond motifs is 1. The zero-order valence-electron chi connectivity index (χ0n) is 16.9. The first-order valence-electron chi connectivity index (χ1n) is 9.69. The molecule has 0 N–H and O–H groups in total. The molecule has 30 heavy (non-hydrogen) atoms. The Balaban J connectivity index is 1.41. The average molecular weight is 426 g/mol. The summed E-state index contributed by atoms with van der Waals surface area (Å²) in [6.07, 6.45) is 0.587. The third-order valence-electron chi connectivity index (χ3n) is 5.17. The number of ether oxygens (including phenoxy) is 1. The van der Waals surface area contributed by atoms with E-state index in [-0.39, 0.29) is 16.9 Å². The summed E-state index contributed by atoms with van der Waals surface area (Å²) in [7, 11) is -0.565. The summed E-state index contributed by atoms with van der Waals surface area (Å²) < 4.78 is 31.5. The van der Waals surface area contributed by atoms with Crippen LogP contribution >= 0.6 is 0 Å². The van der Waals surface area contributed by atoms with Gasteiger partial charge >= 0.3 is 0 Å². The molecule has 2 heterocycles. The van der Waals surface area contributed by atoms with E-state index in [9.17, 15) is 13.2 Å². The van der Waals surface area contributed by atoms with Crippen molar-refractivity contribution in [2.24, 2.45) is 0 Å². The second kappa shape index (κ2) is 8.04. The fourth-order valence-electron chi connectivity index (χ4n) is 3.46. The Morgan fingerprint density at radius 1 is 1.07 bits per heavy atom. The summed E-state index contributed by atoms with van der Waals surface area (Å²) in [5.41, 5.74) is 1.32. The van der Waals surface area contributed by atoms with E-state index < -0.39 is 10.0 Å². The van der Waals surface area contributed by atoms with Crippen molar-refractivity contribution in [3.8, 4) is 5.88 Å². The van der Waals surface area contributed by atoms with E-state index in [2.05, 4.69) is 4.98 Å². The third kappa shape index (κ3) is 4.01. The van der Waals surface area contributed by atoms with Crippen LogP contribution in [0, 0.1) is 0 Å². The van der Waals surface area contributed by atoms with Crippen LogP contribution in [-0.2, 0) is 10.0 Å². The van der Waals surface area contributed by atoms with Crippen LogP contribution in [0.1, 0.15) is 16.8 Å². The highest BCUT2D eigenvalue weighted by Gasteiger charge is 2.29. The van der Waals surface area contributed by atoms with E-state index in [4.69, 9.17) is 4.74 Å². The first-order valence-corrected chi connectivity index (χ1v) is 11.1. The summed E-state index contributed by atoms with van der Waals surface area (Å²) in [5.74, 6) is 0.410. The first-order chi connectivity index (χ1) is 14.3. The number of carbonyl (C=O) groups excluding carboxylic acids is 1. The molecule has 0 spiro atoms. The van der Waals surface area contributed by atoms with Gasteiger partial charge in [-0.1, -0.05) is 18.2 Å². The van der Waals surface area contributed by atoms with Crippen LogP contribution in [0.3, 0.4) is 0 Å². The van der Waals surface area contributed by atoms with Crippen molar-refractivity contribution in [2.75, 3.05) is 27.2 Å². The van der Waals surface area contributed by atoms with Gasteiger partial charge < -0.3 is 9.64 Å². The molecular weight excluding hydrogens is 402 g/mol. The van der Waals surface area contributed by atoms with Crippen LogP contribution in [0.25, 0.3) is 10.9 Å². The number of nitrogens with zero attached hydrogens (tertiary/aromatic N) is 3. The molecule has 0 aliphatic carbocycles. The first kappa shape index (κ1) is 20.3. The number of aromatic nitrogens is 1. The summed E-state index contributed by atoms with van der Waals surface area (Å²) in [6.45, 7) is 1.04. The molecule has 156 valence electrons. The van der Waals surface area contributed by atoms with E-state index in [0.717, 1.165) is 15.2 Å². The fraction of sp³-hybridized carbons (Fsp3) is 0.273.